The van der Waals surface area contributed by atoms with Gasteiger partial charge in [0.1, 0.15) is 5.01 Å². The summed E-state index contributed by atoms with van der Waals surface area (Å²) in [5.74, 6) is 0.277. The molecule has 7 heteroatoms. The van der Waals surface area contributed by atoms with Crippen LogP contribution in [0.25, 0.3) is 0 Å². The number of hydrogen-bond donors (Lipinski definition) is 2. The fourth-order valence-electron chi connectivity index (χ4n) is 2.03. The molecule has 0 saturated carbocycles. The van der Waals surface area contributed by atoms with Gasteiger partial charge in [0, 0.05) is 37.3 Å². The minimum atomic E-state index is 0.277. The van der Waals surface area contributed by atoms with Crippen molar-refractivity contribution < 1.29 is 5.21 Å². The molecule has 1 aromatic heterocycles. The summed E-state index contributed by atoms with van der Waals surface area (Å²) in [6, 6.07) is 0. The Balaban J connectivity index is 1.76. The van der Waals surface area contributed by atoms with Gasteiger partial charge >= 0.3 is 0 Å². The van der Waals surface area contributed by atoms with Crippen LogP contribution >= 0.6 is 11.3 Å². The average molecular weight is 269 g/mol. The van der Waals surface area contributed by atoms with E-state index in [1.165, 1.54) is 5.01 Å². The lowest BCUT2D eigenvalue weighted by molar-refractivity contribution is 0.139. The van der Waals surface area contributed by atoms with E-state index in [0.29, 0.717) is 6.54 Å². The van der Waals surface area contributed by atoms with Crippen LogP contribution in [0.4, 0.5) is 0 Å². The third kappa shape index (κ3) is 3.66. The summed E-state index contributed by atoms with van der Waals surface area (Å²) >= 11 is 1.72. The Morgan fingerprint density at radius 3 is 2.67 bits per heavy atom. The molecular weight excluding hydrogens is 250 g/mol. The minimum Gasteiger partial charge on any atom is -0.409 e. The lowest BCUT2D eigenvalue weighted by Crippen LogP contribution is -2.48. The van der Waals surface area contributed by atoms with Gasteiger partial charge in [-0.3, -0.25) is 9.80 Å². The monoisotopic (exact) mass is 269 g/mol. The molecule has 6 nitrogen and oxygen atoms in total. The van der Waals surface area contributed by atoms with Gasteiger partial charge in [0.05, 0.1) is 13.1 Å². The zero-order valence-electron chi connectivity index (χ0n) is 10.5. The van der Waals surface area contributed by atoms with E-state index < -0.39 is 0 Å². The van der Waals surface area contributed by atoms with Crippen LogP contribution in [0.5, 0.6) is 0 Å². The standard InChI is InChI=1S/C11H19N5OS/c1-9-8-18-11(13-9)7-16-4-2-15(3-5-16)6-10(12)14-17/h8,17H,2-7H2,1H3,(H2,12,14). The Hall–Kier alpha value is -1.18. The maximum atomic E-state index is 8.53. The molecule has 1 aromatic rings. The highest BCUT2D eigenvalue weighted by Crippen LogP contribution is 2.13. The number of piperazine rings is 1. The zero-order valence-corrected chi connectivity index (χ0v) is 11.4. The van der Waals surface area contributed by atoms with Crippen molar-refractivity contribution in [1.29, 1.82) is 0 Å². The average Bonchev–Trinajstić information content (AvgIpc) is 2.77. The second-order valence-corrected chi connectivity index (χ2v) is 5.47. The SMILES string of the molecule is Cc1csc(CN2CCN(CC(N)=NO)CC2)n1. The second-order valence-electron chi connectivity index (χ2n) is 4.53. The summed E-state index contributed by atoms with van der Waals surface area (Å²) in [6.45, 7) is 7.38. The van der Waals surface area contributed by atoms with Crippen molar-refractivity contribution in [3.8, 4) is 0 Å². The molecule has 0 aromatic carbocycles. The number of nitrogens with zero attached hydrogens (tertiary/aromatic N) is 4. The highest BCUT2D eigenvalue weighted by atomic mass is 32.1. The van der Waals surface area contributed by atoms with Gasteiger partial charge < -0.3 is 10.9 Å². The highest BCUT2D eigenvalue weighted by molar-refractivity contribution is 7.09. The van der Waals surface area contributed by atoms with Gasteiger partial charge in [0.15, 0.2) is 5.84 Å². The van der Waals surface area contributed by atoms with Crippen molar-refractivity contribution in [3.05, 3.63) is 16.1 Å². The van der Waals surface area contributed by atoms with Crippen molar-refractivity contribution in [2.45, 2.75) is 13.5 Å². The molecule has 1 aliphatic heterocycles. The summed E-state index contributed by atoms with van der Waals surface area (Å²) in [6.07, 6.45) is 0. The van der Waals surface area contributed by atoms with Crippen molar-refractivity contribution in [2.24, 2.45) is 10.9 Å². The first kappa shape index (κ1) is 13.3. The maximum absolute atomic E-state index is 8.53. The molecule has 0 radical (unpaired) electrons. The van der Waals surface area contributed by atoms with E-state index in [4.69, 9.17) is 10.9 Å². The predicted molar refractivity (Wildman–Crippen MR) is 72.0 cm³/mol. The minimum absolute atomic E-state index is 0.277. The van der Waals surface area contributed by atoms with Crippen molar-refractivity contribution in [1.82, 2.24) is 14.8 Å². The molecule has 1 saturated heterocycles. The molecule has 2 rings (SSSR count). The van der Waals surface area contributed by atoms with Crippen LogP contribution in [-0.4, -0.2) is 58.6 Å². The molecule has 3 N–H and O–H groups in total. The summed E-state index contributed by atoms with van der Waals surface area (Å²) in [5, 5.41) is 14.8. The van der Waals surface area contributed by atoms with E-state index in [1.54, 1.807) is 11.3 Å². The van der Waals surface area contributed by atoms with Crippen molar-refractivity contribution in [2.75, 3.05) is 32.7 Å². The number of hydrogen-bond acceptors (Lipinski definition) is 6. The molecule has 2 heterocycles. The molecule has 0 amide bonds. The molecule has 0 bridgehead atoms. The summed E-state index contributed by atoms with van der Waals surface area (Å²) in [7, 11) is 0. The Kier molecular flexibility index (Phi) is 4.51. The molecule has 0 spiro atoms. The molecule has 1 aliphatic rings. The summed E-state index contributed by atoms with van der Waals surface area (Å²) in [4.78, 5) is 9.06. The Morgan fingerprint density at radius 2 is 2.11 bits per heavy atom. The lowest BCUT2D eigenvalue weighted by Gasteiger charge is -2.33. The highest BCUT2D eigenvalue weighted by Gasteiger charge is 2.18. The van der Waals surface area contributed by atoms with Gasteiger partial charge in [0.2, 0.25) is 0 Å². The van der Waals surface area contributed by atoms with E-state index in [2.05, 4.69) is 25.3 Å². The zero-order chi connectivity index (χ0) is 13.0. The summed E-state index contributed by atoms with van der Waals surface area (Å²) in [5.41, 5.74) is 6.60. The number of nitrogens with two attached hydrogens (primary N) is 1. The Morgan fingerprint density at radius 1 is 1.44 bits per heavy atom. The van der Waals surface area contributed by atoms with E-state index in [9.17, 15) is 0 Å². The fourth-order valence-corrected chi connectivity index (χ4v) is 2.85. The first-order valence-electron chi connectivity index (χ1n) is 5.99. The van der Waals surface area contributed by atoms with E-state index >= 15 is 0 Å². The first-order valence-corrected chi connectivity index (χ1v) is 6.87. The molecule has 100 valence electrons. The number of rotatable bonds is 4. The molecule has 1 fully saturated rings. The predicted octanol–water partition coefficient (Wildman–Crippen LogP) is 0.316. The van der Waals surface area contributed by atoms with E-state index in [1.807, 2.05) is 6.92 Å². The molecular formula is C11H19N5OS. The molecule has 0 aliphatic carbocycles. The van der Waals surface area contributed by atoms with Gasteiger partial charge in [-0.1, -0.05) is 5.16 Å². The van der Waals surface area contributed by atoms with Gasteiger partial charge in [-0.25, -0.2) is 4.98 Å². The Labute approximate surface area is 111 Å². The molecule has 0 atom stereocenters. The van der Waals surface area contributed by atoms with E-state index in [0.717, 1.165) is 38.4 Å². The quantitative estimate of drug-likeness (QED) is 0.356. The number of aromatic nitrogens is 1. The summed E-state index contributed by atoms with van der Waals surface area (Å²) < 4.78 is 0. The van der Waals surface area contributed by atoms with Crippen LogP contribution in [0, 0.1) is 6.92 Å². The van der Waals surface area contributed by atoms with Crippen LogP contribution in [0.2, 0.25) is 0 Å². The molecule has 18 heavy (non-hydrogen) atoms. The van der Waals surface area contributed by atoms with E-state index in [-0.39, 0.29) is 5.84 Å². The number of amidine groups is 1. The number of oxime groups is 1. The van der Waals surface area contributed by atoms with Crippen molar-refractivity contribution >= 4 is 17.2 Å². The third-order valence-corrected chi connectivity index (χ3v) is 3.96. The maximum Gasteiger partial charge on any atom is 0.153 e. The second kappa shape index (κ2) is 6.12. The van der Waals surface area contributed by atoms with Gasteiger partial charge in [0.25, 0.3) is 0 Å². The van der Waals surface area contributed by atoms with Crippen LogP contribution in [0.3, 0.4) is 0 Å². The first-order chi connectivity index (χ1) is 8.67. The normalized spacial score (nSPS) is 19.3. The number of aryl methyl sites for hydroxylation is 1. The smallest absolute Gasteiger partial charge is 0.153 e. The van der Waals surface area contributed by atoms with Crippen LogP contribution in [0.1, 0.15) is 10.7 Å². The molecule has 0 unspecified atom stereocenters. The largest absolute Gasteiger partial charge is 0.409 e. The van der Waals surface area contributed by atoms with Crippen LogP contribution < -0.4 is 5.73 Å². The Bertz CT molecular complexity index is 411. The number of thiazole rings is 1. The topological polar surface area (TPSA) is 78.0 Å². The fraction of sp³-hybridized carbons (Fsp3) is 0.636. The van der Waals surface area contributed by atoms with Gasteiger partial charge in [-0.2, -0.15) is 0 Å². The van der Waals surface area contributed by atoms with Crippen LogP contribution in [0.15, 0.2) is 10.5 Å². The third-order valence-electron chi connectivity index (χ3n) is 3.00. The van der Waals surface area contributed by atoms with Gasteiger partial charge in [-0.15, -0.1) is 11.3 Å². The van der Waals surface area contributed by atoms with Crippen molar-refractivity contribution in [3.63, 3.8) is 0 Å². The van der Waals surface area contributed by atoms with Gasteiger partial charge in [-0.05, 0) is 6.92 Å². The lowest BCUT2D eigenvalue weighted by atomic mass is 10.3. The van der Waals surface area contributed by atoms with Crippen LogP contribution in [-0.2, 0) is 6.54 Å².